The van der Waals surface area contributed by atoms with Gasteiger partial charge >= 0.3 is 0 Å². The van der Waals surface area contributed by atoms with Crippen molar-refractivity contribution < 1.29 is 19.1 Å². The van der Waals surface area contributed by atoms with Crippen LogP contribution in [0.25, 0.3) is 16.6 Å². The van der Waals surface area contributed by atoms with Crippen molar-refractivity contribution in [3.8, 4) is 11.4 Å². The van der Waals surface area contributed by atoms with Gasteiger partial charge in [-0.2, -0.15) is 4.98 Å². The number of nitrogens with zero attached hydrogens (tertiary/aromatic N) is 6. The van der Waals surface area contributed by atoms with Gasteiger partial charge in [0, 0.05) is 46.7 Å². The van der Waals surface area contributed by atoms with E-state index in [4.69, 9.17) is 16.3 Å². The van der Waals surface area contributed by atoms with Crippen molar-refractivity contribution in [1.82, 2.24) is 29.2 Å². The number of aromatic nitrogens is 2. The van der Waals surface area contributed by atoms with Gasteiger partial charge in [-0.05, 0) is 153 Å². The lowest BCUT2D eigenvalue weighted by Crippen LogP contribution is -2.60. The third-order valence-corrected chi connectivity index (χ3v) is 16.3. The van der Waals surface area contributed by atoms with E-state index in [-0.39, 0.29) is 35.1 Å². The molecule has 1 atom stereocenters. The summed E-state index contributed by atoms with van der Waals surface area (Å²) in [7, 11) is 0. The smallest absolute Gasteiger partial charge is 0.282 e. The van der Waals surface area contributed by atoms with Gasteiger partial charge in [-0.15, -0.1) is 0 Å². The molecule has 3 aromatic carbocycles. The number of likely N-dealkylation sites (tertiary alicyclic amines) is 3. The molecule has 12 heteroatoms. The lowest BCUT2D eigenvalue weighted by Gasteiger charge is -2.48. The normalized spacial score (nSPS) is 25.8. The maximum Gasteiger partial charge on any atom is 0.282 e. The number of benzene rings is 3. The molecule has 1 aliphatic carbocycles. The minimum absolute atomic E-state index is 0.0443. The van der Waals surface area contributed by atoms with Crippen molar-refractivity contribution in [1.29, 1.82) is 0 Å². The zero-order chi connectivity index (χ0) is 43.0. The molecule has 7 heterocycles. The lowest BCUT2D eigenvalue weighted by molar-refractivity contribution is -0.158. The summed E-state index contributed by atoms with van der Waals surface area (Å²) in [5, 5.41) is 0.921. The molecule has 1 aromatic heterocycles. The van der Waals surface area contributed by atoms with Crippen molar-refractivity contribution in [3.63, 3.8) is 0 Å². The number of hydrogen-bond acceptors (Lipinski definition) is 8. The van der Waals surface area contributed by atoms with Crippen molar-refractivity contribution in [2.75, 3.05) is 39.3 Å². The zero-order valence-electron chi connectivity index (χ0n) is 36.6. The lowest BCUT2D eigenvalue weighted by atomic mass is 9.73. The molecule has 4 fully saturated rings. The van der Waals surface area contributed by atoms with E-state index in [2.05, 4.69) is 57.5 Å². The van der Waals surface area contributed by atoms with Gasteiger partial charge in [-0.3, -0.25) is 28.6 Å². The highest BCUT2D eigenvalue weighted by Gasteiger charge is 2.50. The maximum absolute atomic E-state index is 13.7. The second kappa shape index (κ2) is 14.2. The average Bonchev–Trinajstić information content (AvgIpc) is 3.83. The molecule has 11 rings (SSSR count). The fraction of sp³-hybridized carbons (Fsp3) is 0.540. The first kappa shape index (κ1) is 40.2. The first-order valence-electron chi connectivity index (χ1n) is 22.9. The highest BCUT2D eigenvalue weighted by molar-refractivity contribution is 6.35. The van der Waals surface area contributed by atoms with Gasteiger partial charge in [0.15, 0.2) is 0 Å². The zero-order valence-corrected chi connectivity index (χ0v) is 37.4. The molecular formula is C50H57ClN6O5. The Morgan fingerprint density at radius 1 is 0.903 bits per heavy atom. The number of fused-ring (bicyclic) bond motifs is 9. The molecule has 3 saturated heterocycles. The molecule has 6 aliphatic heterocycles. The van der Waals surface area contributed by atoms with Crippen LogP contribution in [-0.4, -0.2) is 104 Å². The fourth-order valence-corrected chi connectivity index (χ4v) is 12.7. The Hall–Kier alpha value is -4.58. The number of ether oxygens (including phenoxy) is 1. The highest BCUT2D eigenvalue weighted by atomic mass is 35.5. The summed E-state index contributed by atoms with van der Waals surface area (Å²) in [6, 6.07) is 16.7. The quantitative estimate of drug-likeness (QED) is 0.192. The molecule has 0 unspecified atom stereocenters. The summed E-state index contributed by atoms with van der Waals surface area (Å²) in [6.07, 6.45) is 7.55. The van der Waals surface area contributed by atoms with Gasteiger partial charge in [0.1, 0.15) is 17.6 Å². The van der Waals surface area contributed by atoms with E-state index in [0.717, 1.165) is 92.7 Å². The van der Waals surface area contributed by atoms with Crippen LogP contribution < -0.4 is 10.3 Å². The summed E-state index contributed by atoms with van der Waals surface area (Å²) in [6.45, 7) is 16.4. The van der Waals surface area contributed by atoms with Gasteiger partial charge in [-0.25, -0.2) is 0 Å². The third kappa shape index (κ3) is 6.07. The predicted octanol–water partition coefficient (Wildman–Crippen LogP) is 7.33. The summed E-state index contributed by atoms with van der Waals surface area (Å²) in [5.41, 5.74) is 5.94. The van der Waals surface area contributed by atoms with Crippen LogP contribution in [0.5, 0.6) is 5.75 Å². The number of piperidine rings is 3. The van der Waals surface area contributed by atoms with E-state index in [1.807, 2.05) is 39.0 Å². The molecule has 0 radical (unpaired) electrons. The Morgan fingerprint density at radius 2 is 1.66 bits per heavy atom. The van der Waals surface area contributed by atoms with E-state index in [1.54, 1.807) is 11.0 Å². The highest BCUT2D eigenvalue weighted by Crippen LogP contribution is 2.51. The molecule has 0 N–H and O–H groups in total. The van der Waals surface area contributed by atoms with Crippen molar-refractivity contribution in [2.24, 2.45) is 5.92 Å². The largest absolute Gasteiger partial charge is 0.492 e. The number of carbonyl (C=O) groups is 3. The van der Waals surface area contributed by atoms with E-state index in [0.29, 0.717) is 47.5 Å². The molecule has 1 saturated carbocycles. The first-order chi connectivity index (χ1) is 29.6. The van der Waals surface area contributed by atoms with Crippen LogP contribution in [0.3, 0.4) is 0 Å². The molecular weight excluding hydrogens is 800 g/mol. The van der Waals surface area contributed by atoms with Crippen molar-refractivity contribution >= 4 is 40.2 Å². The van der Waals surface area contributed by atoms with Crippen LogP contribution in [0.2, 0.25) is 5.02 Å². The second-order valence-corrected chi connectivity index (χ2v) is 21.4. The van der Waals surface area contributed by atoms with E-state index < -0.39 is 17.0 Å². The standard InChI is InChI=1S/C50H57ClN6O5/c1-48(2,3)57-41(58)14-13-40(46(57)61)55-27-34-33(45(55)60)10-11-35-43(34)62-28-50(35)17-21-53(22-18-50)26-29-23-32(24-29)54-19-15-30(16-20-54)31-9-12-38-36(25-31)49(4,5)47-52-44(59)42-37(51)7-6-8-39(42)56(38)47/h6-12,25,29-30,32,40H,13-24,26-28H2,1-5H3/t29?,32?,40-/m0/s1. The molecule has 11 nitrogen and oxygen atoms in total. The van der Waals surface area contributed by atoms with E-state index in [9.17, 15) is 19.2 Å². The summed E-state index contributed by atoms with van der Waals surface area (Å²) in [5.74, 6) is 2.30. The Balaban J connectivity index is 0.683. The van der Waals surface area contributed by atoms with Gasteiger partial charge < -0.3 is 19.4 Å². The Morgan fingerprint density at radius 3 is 2.40 bits per heavy atom. The van der Waals surface area contributed by atoms with Gasteiger partial charge in [0.05, 0.1) is 40.2 Å². The monoisotopic (exact) mass is 856 g/mol. The minimum Gasteiger partial charge on any atom is -0.492 e. The molecule has 62 heavy (non-hydrogen) atoms. The molecule has 7 aliphatic rings. The number of rotatable bonds is 5. The first-order valence-corrected chi connectivity index (χ1v) is 23.3. The van der Waals surface area contributed by atoms with Crippen LogP contribution in [-0.2, 0) is 27.0 Å². The van der Waals surface area contributed by atoms with Crippen LogP contribution in [0.15, 0.2) is 53.3 Å². The number of hydrogen-bond donors (Lipinski definition) is 0. The van der Waals surface area contributed by atoms with Gasteiger partial charge in [0.25, 0.3) is 17.4 Å². The van der Waals surface area contributed by atoms with Gasteiger partial charge in [0.2, 0.25) is 5.91 Å². The number of imide groups is 1. The number of carbonyl (C=O) groups excluding carboxylic acids is 3. The molecule has 3 amide bonds. The topological polar surface area (TPSA) is 108 Å². The van der Waals surface area contributed by atoms with Crippen molar-refractivity contribution in [3.05, 3.63) is 97.5 Å². The minimum atomic E-state index is -0.640. The SMILES string of the molecule is CC1(C)c2cc(C3CCN(C4CC(CN5CCC6(CC5)COc5c6ccc6c5CN([C@H]5CCC(=O)N(C(C)(C)C)C5=O)C6=O)C4)CC3)ccc2-n2c1nc(=O)c1c(Cl)cccc12. The molecule has 4 aromatic rings. The van der Waals surface area contributed by atoms with Crippen LogP contribution in [0, 0.1) is 5.92 Å². The molecule has 324 valence electrons. The molecule has 1 spiro atoms. The van der Waals surface area contributed by atoms with Crippen LogP contribution >= 0.6 is 11.6 Å². The Labute approximate surface area is 368 Å². The van der Waals surface area contributed by atoms with Gasteiger partial charge in [-0.1, -0.05) is 35.9 Å². The Kier molecular flexibility index (Phi) is 9.22. The Bertz CT molecular complexity index is 2630. The van der Waals surface area contributed by atoms with Crippen LogP contribution in [0.4, 0.5) is 0 Å². The van der Waals surface area contributed by atoms with E-state index >= 15 is 0 Å². The summed E-state index contributed by atoms with van der Waals surface area (Å²) < 4.78 is 8.64. The fourth-order valence-electron chi connectivity index (χ4n) is 12.5. The van der Waals surface area contributed by atoms with E-state index in [1.165, 1.54) is 34.4 Å². The summed E-state index contributed by atoms with van der Waals surface area (Å²) >= 11 is 6.49. The second-order valence-electron chi connectivity index (χ2n) is 21.0. The number of halogens is 1. The van der Waals surface area contributed by atoms with Crippen molar-refractivity contribution in [2.45, 2.75) is 127 Å². The van der Waals surface area contributed by atoms with Crippen LogP contribution in [0.1, 0.15) is 130 Å². The summed E-state index contributed by atoms with van der Waals surface area (Å²) in [4.78, 5) is 66.2. The predicted molar refractivity (Wildman–Crippen MR) is 238 cm³/mol. The average molecular weight is 857 g/mol. The number of amides is 3. The maximum atomic E-state index is 13.7. The third-order valence-electron chi connectivity index (χ3n) is 16.0. The molecule has 0 bridgehead atoms.